The summed E-state index contributed by atoms with van der Waals surface area (Å²) in [5.74, 6) is 0.411. The Hall–Kier alpha value is -4.13. The second-order valence-electron chi connectivity index (χ2n) is 5.74. The van der Waals surface area contributed by atoms with Gasteiger partial charge in [-0.1, -0.05) is 24.3 Å². The van der Waals surface area contributed by atoms with Gasteiger partial charge in [-0.05, 0) is 48.0 Å². The molecule has 0 aliphatic carbocycles. The highest BCUT2D eigenvalue weighted by Gasteiger charge is 2.10. The van der Waals surface area contributed by atoms with Crippen LogP contribution in [0.4, 0.5) is 0 Å². The number of hydrogen-bond donors (Lipinski definition) is 1. The SMILES string of the molecule is COc1ccccc1C(=O)NN=Cc1cccc(OC(=O)C=Cc2ccco2)c1. The molecule has 0 bridgehead atoms. The molecule has 0 fully saturated rings. The first kappa shape index (κ1) is 19.6. The van der Waals surface area contributed by atoms with Crippen molar-refractivity contribution in [2.24, 2.45) is 5.10 Å². The molecule has 2 aromatic carbocycles. The van der Waals surface area contributed by atoms with Gasteiger partial charge in [0.05, 0.1) is 25.2 Å². The lowest BCUT2D eigenvalue weighted by molar-refractivity contribution is -0.128. The van der Waals surface area contributed by atoms with Gasteiger partial charge < -0.3 is 13.9 Å². The van der Waals surface area contributed by atoms with Gasteiger partial charge >= 0.3 is 5.97 Å². The monoisotopic (exact) mass is 390 g/mol. The van der Waals surface area contributed by atoms with Crippen molar-refractivity contribution >= 4 is 24.2 Å². The number of rotatable bonds is 7. The summed E-state index contributed by atoms with van der Waals surface area (Å²) in [5, 5.41) is 3.94. The number of methoxy groups -OCH3 is 1. The van der Waals surface area contributed by atoms with Gasteiger partial charge in [0.2, 0.25) is 0 Å². The summed E-state index contributed by atoms with van der Waals surface area (Å²) in [4.78, 5) is 24.1. The van der Waals surface area contributed by atoms with Gasteiger partial charge in [0.1, 0.15) is 17.3 Å². The van der Waals surface area contributed by atoms with E-state index in [1.54, 1.807) is 60.7 Å². The van der Waals surface area contributed by atoms with Crippen LogP contribution in [0.3, 0.4) is 0 Å². The fourth-order valence-corrected chi connectivity index (χ4v) is 2.40. The minimum atomic E-state index is -0.542. The minimum absolute atomic E-state index is 0.346. The molecule has 3 aromatic rings. The molecule has 1 aromatic heterocycles. The Morgan fingerprint density at radius 3 is 2.72 bits per heavy atom. The van der Waals surface area contributed by atoms with Crippen molar-refractivity contribution in [1.82, 2.24) is 5.43 Å². The van der Waals surface area contributed by atoms with Crippen molar-refractivity contribution in [3.8, 4) is 11.5 Å². The second-order valence-corrected chi connectivity index (χ2v) is 5.74. The summed E-state index contributed by atoms with van der Waals surface area (Å²) in [6.45, 7) is 0. The zero-order valence-electron chi connectivity index (χ0n) is 15.6. The van der Waals surface area contributed by atoms with Gasteiger partial charge in [0, 0.05) is 6.08 Å². The van der Waals surface area contributed by atoms with E-state index in [0.717, 1.165) is 0 Å². The number of amides is 1. The molecule has 0 aliphatic heterocycles. The van der Waals surface area contributed by atoms with E-state index in [4.69, 9.17) is 13.9 Å². The number of nitrogens with zero attached hydrogens (tertiary/aromatic N) is 1. The van der Waals surface area contributed by atoms with Gasteiger partial charge in [-0.15, -0.1) is 0 Å². The van der Waals surface area contributed by atoms with Crippen LogP contribution in [0.5, 0.6) is 11.5 Å². The number of hydrazone groups is 1. The predicted molar refractivity (Wildman–Crippen MR) is 108 cm³/mol. The molecule has 0 saturated heterocycles. The van der Waals surface area contributed by atoms with Gasteiger partial charge in [-0.3, -0.25) is 4.79 Å². The lowest BCUT2D eigenvalue weighted by Crippen LogP contribution is -2.18. The molecule has 1 N–H and O–H groups in total. The largest absolute Gasteiger partial charge is 0.496 e. The summed E-state index contributed by atoms with van der Waals surface area (Å²) in [6, 6.07) is 17.0. The van der Waals surface area contributed by atoms with Crippen LogP contribution in [-0.2, 0) is 4.79 Å². The third kappa shape index (κ3) is 5.67. The van der Waals surface area contributed by atoms with E-state index >= 15 is 0 Å². The summed E-state index contributed by atoms with van der Waals surface area (Å²) in [6.07, 6.45) is 5.75. The summed E-state index contributed by atoms with van der Waals surface area (Å²) in [7, 11) is 1.49. The van der Waals surface area contributed by atoms with E-state index in [1.807, 2.05) is 0 Å². The van der Waals surface area contributed by atoms with E-state index in [-0.39, 0.29) is 0 Å². The standard InChI is InChI=1S/C22H18N2O5/c1-27-20-10-3-2-9-19(20)22(26)24-23-15-16-6-4-7-18(14-16)29-21(25)12-11-17-8-5-13-28-17/h2-15H,1H3,(H,24,26). The van der Waals surface area contributed by atoms with Gasteiger partial charge in [-0.25, -0.2) is 10.2 Å². The normalized spacial score (nSPS) is 10.9. The van der Waals surface area contributed by atoms with Crippen molar-refractivity contribution in [3.63, 3.8) is 0 Å². The Kier molecular flexibility index (Phi) is 6.57. The number of esters is 1. The molecule has 7 heteroatoms. The first-order valence-electron chi connectivity index (χ1n) is 8.65. The maximum Gasteiger partial charge on any atom is 0.336 e. The van der Waals surface area contributed by atoms with E-state index < -0.39 is 11.9 Å². The third-order valence-corrected chi connectivity index (χ3v) is 3.73. The average Bonchev–Trinajstić information content (AvgIpc) is 3.26. The fourth-order valence-electron chi connectivity index (χ4n) is 2.40. The number of para-hydroxylation sites is 1. The Balaban J connectivity index is 1.59. The molecule has 146 valence electrons. The van der Waals surface area contributed by atoms with Gasteiger partial charge in [0.15, 0.2) is 0 Å². The lowest BCUT2D eigenvalue weighted by atomic mass is 10.2. The molecule has 0 atom stereocenters. The van der Waals surface area contributed by atoms with Crippen molar-refractivity contribution in [2.45, 2.75) is 0 Å². The smallest absolute Gasteiger partial charge is 0.336 e. The van der Waals surface area contributed by atoms with Gasteiger partial charge in [0.25, 0.3) is 5.91 Å². The molecule has 0 radical (unpaired) electrons. The first-order chi connectivity index (χ1) is 14.2. The van der Waals surface area contributed by atoms with Crippen molar-refractivity contribution in [1.29, 1.82) is 0 Å². The molecule has 3 rings (SSSR count). The molecule has 1 heterocycles. The van der Waals surface area contributed by atoms with Crippen molar-refractivity contribution in [2.75, 3.05) is 7.11 Å². The topological polar surface area (TPSA) is 90.1 Å². The Morgan fingerprint density at radius 1 is 1.07 bits per heavy atom. The average molecular weight is 390 g/mol. The Bertz CT molecular complexity index is 1040. The first-order valence-corrected chi connectivity index (χ1v) is 8.65. The van der Waals surface area contributed by atoms with Gasteiger partial charge in [-0.2, -0.15) is 5.10 Å². The van der Waals surface area contributed by atoms with Crippen LogP contribution >= 0.6 is 0 Å². The minimum Gasteiger partial charge on any atom is -0.496 e. The molecule has 0 aliphatic rings. The third-order valence-electron chi connectivity index (χ3n) is 3.73. The number of benzene rings is 2. The van der Waals surface area contributed by atoms with E-state index in [1.165, 1.54) is 31.7 Å². The second kappa shape index (κ2) is 9.70. The number of hydrogen-bond acceptors (Lipinski definition) is 6. The van der Waals surface area contributed by atoms with Crippen molar-refractivity contribution in [3.05, 3.63) is 89.9 Å². The quantitative estimate of drug-likeness (QED) is 0.219. The van der Waals surface area contributed by atoms with Crippen LogP contribution in [-0.4, -0.2) is 25.2 Å². The highest BCUT2D eigenvalue weighted by Crippen LogP contribution is 2.17. The van der Waals surface area contributed by atoms with Crippen LogP contribution in [0.25, 0.3) is 6.08 Å². The van der Waals surface area contributed by atoms with E-state index in [9.17, 15) is 9.59 Å². The Morgan fingerprint density at radius 2 is 1.93 bits per heavy atom. The number of carbonyl (C=O) groups is 2. The Labute approximate surface area is 167 Å². The van der Waals surface area contributed by atoms with Crippen LogP contribution in [0.1, 0.15) is 21.7 Å². The van der Waals surface area contributed by atoms with E-state index in [0.29, 0.717) is 28.4 Å². The zero-order valence-corrected chi connectivity index (χ0v) is 15.6. The van der Waals surface area contributed by atoms with Crippen LogP contribution in [0.15, 0.2) is 82.5 Å². The summed E-state index contributed by atoms with van der Waals surface area (Å²) >= 11 is 0. The van der Waals surface area contributed by atoms with Crippen LogP contribution in [0, 0.1) is 0 Å². The number of ether oxygens (including phenoxy) is 2. The van der Waals surface area contributed by atoms with Crippen LogP contribution < -0.4 is 14.9 Å². The summed E-state index contributed by atoms with van der Waals surface area (Å²) in [5.41, 5.74) is 3.46. The molecule has 7 nitrogen and oxygen atoms in total. The zero-order chi connectivity index (χ0) is 20.5. The molecular weight excluding hydrogens is 372 g/mol. The maximum atomic E-state index is 12.2. The highest BCUT2D eigenvalue weighted by atomic mass is 16.5. The molecular formula is C22H18N2O5. The molecule has 1 amide bonds. The molecule has 0 unspecified atom stereocenters. The molecule has 29 heavy (non-hydrogen) atoms. The predicted octanol–water partition coefficient (Wildman–Crippen LogP) is 3.67. The number of carbonyl (C=O) groups excluding carboxylic acids is 2. The lowest BCUT2D eigenvalue weighted by Gasteiger charge is -2.06. The molecule has 0 saturated carbocycles. The number of nitrogens with one attached hydrogen (secondary N) is 1. The highest BCUT2D eigenvalue weighted by molar-refractivity contribution is 5.97. The van der Waals surface area contributed by atoms with E-state index in [2.05, 4.69) is 10.5 Å². The molecule has 0 spiro atoms. The number of furan rings is 1. The maximum absolute atomic E-state index is 12.2. The summed E-state index contributed by atoms with van der Waals surface area (Å²) < 4.78 is 15.5. The fraction of sp³-hybridized carbons (Fsp3) is 0.0455. The van der Waals surface area contributed by atoms with Crippen LogP contribution in [0.2, 0.25) is 0 Å². The van der Waals surface area contributed by atoms with Crippen molar-refractivity contribution < 1.29 is 23.5 Å².